The van der Waals surface area contributed by atoms with Crippen LogP contribution in [0, 0.1) is 11.7 Å². The summed E-state index contributed by atoms with van der Waals surface area (Å²) in [6, 6.07) is 9.78. The number of carbonyl (C=O) groups is 2. The van der Waals surface area contributed by atoms with E-state index in [1.165, 1.54) is 13.0 Å². The van der Waals surface area contributed by atoms with Crippen LogP contribution < -0.4 is 10.6 Å². The van der Waals surface area contributed by atoms with E-state index >= 15 is 0 Å². The van der Waals surface area contributed by atoms with E-state index in [-0.39, 0.29) is 17.6 Å². The van der Waals surface area contributed by atoms with Crippen LogP contribution in [0.1, 0.15) is 37.0 Å². The molecule has 4 rings (SSSR count). The third-order valence-electron chi connectivity index (χ3n) is 5.74. The number of hydrogen-bond donors (Lipinski definition) is 2. The van der Waals surface area contributed by atoms with Crippen LogP contribution in [0.25, 0.3) is 22.4 Å². The Morgan fingerprint density at radius 3 is 2.66 bits per heavy atom. The van der Waals surface area contributed by atoms with Crippen molar-refractivity contribution in [2.45, 2.75) is 33.2 Å². The average Bonchev–Trinajstić information content (AvgIpc) is 3.16. The summed E-state index contributed by atoms with van der Waals surface area (Å²) in [5.74, 6) is -0.0379. The first-order chi connectivity index (χ1) is 15.5. The van der Waals surface area contributed by atoms with Crippen LogP contribution in [0.3, 0.4) is 0 Å². The quantitative estimate of drug-likeness (QED) is 0.610. The molecule has 0 saturated carbocycles. The molecular weight excluding hydrogens is 411 g/mol. The van der Waals surface area contributed by atoms with Gasteiger partial charge in [0, 0.05) is 38.8 Å². The number of imidazole rings is 1. The van der Waals surface area contributed by atoms with Gasteiger partial charge in [0.25, 0.3) is 5.91 Å². The summed E-state index contributed by atoms with van der Waals surface area (Å²) >= 11 is 0. The highest BCUT2D eigenvalue weighted by Crippen LogP contribution is 2.32. The number of halogens is 1. The number of nitrogens with one attached hydrogen (secondary N) is 2. The zero-order valence-electron chi connectivity index (χ0n) is 18.3. The van der Waals surface area contributed by atoms with Crippen molar-refractivity contribution in [3.63, 3.8) is 0 Å². The lowest BCUT2D eigenvalue weighted by Gasteiger charge is -2.22. The van der Waals surface area contributed by atoms with Crippen LogP contribution in [0.2, 0.25) is 0 Å². The second-order valence-corrected chi connectivity index (χ2v) is 8.00. The Labute approximate surface area is 186 Å². The summed E-state index contributed by atoms with van der Waals surface area (Å²) in [6.45, 7) is 5.85. The summed E-state index contributed by atoms with van der Waals surface area (Å²) in [4.78, 5) is 29.4. The van der Waals surface area contributed by atoms with Gasteiger partial charge in [0.05, 0.1) is 22.3 Å². The van der Waals surface area contributed by atoms with Crippen LogP contribution in [-0.2, 0) is 16.1 Å². The van der Waals surface area contributed by atoms with Crippen LogP contribution in [0.5, 0.6) is 0 Å². The highest BCUT2D eigenvalue weighted by atomic mass is 19.1. The van der Waals surface area contributed by atoms with Gasteiger partial charge >= 0.3 is 0 Å². The van der Waals surface area contributed by atoms with E-state index in [1.54, 1.807) is 30.3 Å². The number of hydrogen-bond acceptors (Lipinski definition) is 4. The fraction of sp³-hybridized carbons (Fsp3) is 0.375. The molecule has 32 heavy (non-hydrogen) atoms. The minimum absolute atomic E-state index is 0.233. The van der Waals surface area contributed by atoms with Gasteiger partial charge in [-0.15, -0.1) is 0 Å². The Kier molecular flexibility index (Phi) is 6.50. The first kappa shape index (κ1) is 22.0. The molecule has 0 unspecified atom stereocenters. The largest absolute Gasteiger partial charge is 0.381 e. The highest BCUT2D eigenvalue weighted by molar-refractivity contribution is 6.05. The van der Waals surface area contributed by atoms with Crippen molar-refractivity contribution in [1.82, 2.24) is 14.9 Å². The molecule has 2 N–H and O–H groups in total. The van der Waals surface area contributed by atoms with Gasteiger partial charge in [0.15, 0.2) is 0 Å². The second kappa shape index (κ2) is 9.48. The number of amides is 2. The lowest BCUT2D eigenvalue weighted by Crippen LogP contribution is -2.32. The molecule has 8 heteroatoms. The van der Waals surface area contributed by atoms with E-state index in [9.17, 15) is 14.0 Å². The molecule has 0 bridgehead atoms. The molecule has 3 aromatic rings. The van der Waals surface area contributed by atoms with Crippen molar-refractivity contribution >= 4 is 28.5 Å². The van der Waals surface area contributed by atoms with Gasteiger partial charge < -0.3 is 19.9 Å². The minimum atomic E-state index is -0.381. The normalized spacial score (nSPS) is 14.5. The van der Waals surface area contributed by atoms with Gasteiger partial charge in [-0.3, -0.25) is 9.59 Å². The first-order valence-corrected chi connectivity index (χ1v) is 10.9. The van der Waals surface area contributed by atoms with E-state index < -0.39 is 0 Å². The third kappa shape index (κ3) is 4.50. The number of carbonyl (C=O) groups excluding carboxylic acids is 2. The SMILES string of the molecule is CCn1c(-c2ccccc2F)nc2cc(C(=O)NCC3CCOCC3)cc(NC(C)=O)c21. The van der Waals surface area contributed by atoms with Crippen LogP contribution in [0.15, 0.2) is 36.4 Å². The van der Waals surface area contributed by atoms with Crippen LogP contribution in [0.4, 0.5) is 10.1 Å². The molecule has 1 aromatic heterocycles. The fourth-order valence-corrected chi connectivity index (χ4v) is 4.13. The lowest BCUT2D eigenvalue weighted by atomic mass is 10.0. The topological polar surface area (TPSA) is 85.2 Å². The van der Waals surface area contributed by atoms with Gasteiger partial charge in [0.2, 0.25) is 5.91 Å². The molecule has 0 radical (unpaired) electrons. The summed E-state index contributed by atoms with van der Waals surface area (Å²) < 4.78 is 21.7. The maximum Gasteiger partial charge on any atom is 0.251 e. The Balaban J connectivity index is 1.74. The maximum atomic E-state index is 14.5. The number of aromatic nitrogens is 2. The molecule has 2 aromatic carbocycles. The molecule has 0 aliphatic carbocycles. The number of ether oxygens (including phenoxy) is 1. The van der Waals surface area contributed by atoms with Crippen LogP contribution >= 0.6 is 0 Å². The molecule has 1 fully saturated rings. The molecule has 168 valence electrons. The number of anilines is 1. The maximum absolute atomic E-state index is 14.5. The molecule has 2 amide bonds. The first-order valence-electron chi connectivity index (χ1n) is 10.9. The van der Waals surface area contributed by atoms with Gasteiger partial charge in [-0.1, -0.05) is 12.1 Å². The van der Waals surface area contributed by atoms with Crippen molar-refractivity contribution in [2.75, 3.05) is 25.1 Å². The van der Waals surface area contributed by atoms with Gasteiger partial charge in [-0.05, 0) is 49.9 Å². The second-order valence-electron chi connectivity index (χ2n) is 8.00. The van der Waals surface area contributed by atoms with Crippen molar-refractivity contribution in [3.05, 3.63) is 47.8 Å². The Morgan fingerprint density at radius 1 is 1.22 bits per heavy atom. The Morgan fingerprint density at radius 2 is 1.97 bits per heavy atom. The summed E-state index contributed by atoms with van der Waals surface area (Å²) in [7, 11) is 0. The number of nitrogens with zero attached hydrogens (tertiary/aromatic N) is 2. The van der Waals surface area contributed by atoms with E-state index in [1.807, 2.05) is 11.5 Å². The molecular formula is C24H27FN4O3. The smallest absolute Gasteiger partial charge is 0.251 e. The molecule has 7 nitrogen and oxygen atoms in total. The van der Waals surface area contributed by atoms with E-state index in [2.05, 4.69) is 15.6 Å². The predicted octanol–water partition coefficient (Wildman–Crippen LogP) is 3.98. The Bertz CT molecular complexity index is 1150. The summed E-state index contributed by atoms with van der Waals surface area (Å²) in [5, 5.41) is 5.80. The van der Waals surface area contributed by atoms with Crippen molar-refractivity contribution in [1.29, 1.82) is 0 Å². The third-order valence-corrected chi connectivity index (χ3v) is 5.74. The minimum Gasteiger partial charge on any atom is -0.381 e. The molecule has 0 atom stereocenters. The molecule has 2 heterocycles. The van der Waals surface area contributed by atoms with E-state index in [0.717, 1.165) is 12.8 Å². The zero-order valence-corrected chi connectivity index (χ0v) is 18.3. The summed E-state index contributed by atoms with van der Waals surface area (Å²) in [6.07, 6.45) is 1.84. The monoisotopic (exact) mass is 438 g/mol. The molecule has 1 aliphatic rings. The number of fused-ring (bicyclic) bond motifs is 1. The van der Waals surface area contributed by atoms with Crippen molar-refractivity contribution < 1.29 is 18.7 Å². The average molecular weight is 439 g/mol. The highest BCUT2D eigenvalue weighted by Gasteiger charge is 2.21. The number of rotatable bonds is 6. The standard InChI is InChI=1S/C24H27FN4O3/c1-3-29-22-20(27-15(2)30)12-17(24(31)26-14-16-8-10-32-11-9-16)13-21(22)28-23(29)18-6-4-5-7-19(18)25/h4-7,12-13,16H,3,8-11,14H2,1-2H3,(H,26,31)(H,27,30). The van der Waals surface area contributed by atoms with Gasteiger partial charge in [-0.25, -0.2) is 9.37 Å². The fourth-order valence-electron chi connectivity index (χ4n) is 4.13. The van der Waals surface area contributed by atoms with E-state index in [0.29, 0.717) is 65.9 Å². The lowest BCUT2D eigenvalue weighted by molar-refractivity contribution is -0.114. The van der Waals surface area contributed by atoms with Crippen molar-refractivity contribution in [2.24, 2.45) is 5.92 Å². The van der Waals surface area contributed by atoms with Gasteiger partial charge in [0.1, 0.15) is 11.6 Å². The number of benzene rings is 2. The summed E-state index contributed by atoms with van der Waals surface area (Å²) in [5.41, 5.74) is 2.41. The molecule has 1 saturated heterocycles. The predicted molar refractivity (Wildman–Crippen MR) is 121 cm³/mol. The molecule has 0 spiro atoms. The zero-order chi connectivity index (χ0) is 22.7. The van der Waals surface area contributed by atoms with E-state index in [4.69, 9.17) is 4.74 Å². The number of aryl methyl sites for hydroxylation is 1. The Hall–Kier alpha value is -3.26. The van der Waals surface area contributed by atoms with Gasteiger partial charge in [-0.2, -0.15) is 0 Å². The van der Waals surface area contributed by atoms with Crippen LogP contribution in [-0.4, -0.2) is 41.1 Å². The van der Waals surface area contributed by atoms with Crippen molar-refractivity contribution in [3.8, 4) is 11.4 Å². The molecule has 1 aliphatic heterocycles.